The van der Waals surface area contributed by atoms with Crippen molar-refractivity contribution in [2.45, 2.75) is 58.3 Å². The van der Waals surface area contributed by atoms with Gasteiger partial charge in [0.25, 0.3) is 0 Å². The Morgan fingerprint density at radius 3 is 2.17 bits per heavy atom. The normalized spacial score (nSPS) is 11.7. The largest absolute Gasteiger partial charge is 0.300 e. The first-order valence-corrected chi connectivity index (χ1v) is 8.68. The summed E-state index contributed by atoms with van der Waals surface area (Å²) in [6, 6.07) is 1.29. The van der Waals surface area contributed by atoms with Crippen LogP contribution in [0.1, 0.15) is 32.6 Å². The smallest absolute Gasteiger partial charge is 0.132 e. The lowest BCUT2D eigenvalue weighted by Gasteiger charge is -2.14. The summed E-state index contributed by atoms with van der Waals surface area (Å²) in [6.07, 6.45) is 3.73. The van der Waals surface area contributed by atoms with E-state index in [4.69, 9.17) is 0 Å². The summed E-state index contributed by atoms with van der Waals surface area (Å²) in [5.74, 6) is 0.454. The Balaban J connectivity index is 3.37. The van der Waals surface area contributed by atoms with Gasteiger partial charge in [0.05, 0.1) is 0 Å². The molecule has 0 bridgehead atoms. The third-order valence-corrected chi connectivity index (χ3v) is 3.76. The number of carbonyl (C=O) groups excluding carboxylic acids is 1. The first kappa shape index (κ1) is 11.9. The number of hydrogen-bond donors (Lipinski definition) is 0. The first-order valence-electron chi connectivity index (χ1n) is 4.97. The van der Waals surface area contributed by atoms with Gasteiger partial charge in [-0.05, 0) is 12.8 Å². The molecule has 2 heteroatoms. The molecule has 1 nitrogen and oxygen atoms in total. The molecule has 0 aliphatic rings. The second-order valence-corrected chi connectivity index (χ2v) is 10.3. The van der Waals surface area contributed by atoms with Gasteiger partial charge in [-0.25, -0.2) is 0 Å². The topological polar surface area (TPSA) is 17.1 Å². The lowest BCUT2D eigenvalue weighted by Crippen LogP contribution is -2.19. The zero-order valence-electron chi connectivity index (χ0n) is 8.94. The maximum Gasteiger partial charge on any atom is 0.132 e. The molecule has 72 valence electrons. The molecular formula is C10H22OSi. The fourth-order valence-corrected chi connectivity index (χ4v) is 2.46. The highest BCUT2D eigenvalue weighted by Gasteiger charge is 2.12. The summed E-state index contributed by atoms with van der Waals surface area (Å²) in [7, 11) is -0.899. The highest BCUT2D eigenvalue weighted by Crippen LogP contribution is 2.13. The van der Waals surface area contributed by atoms with Crippen LogP contribution in [0.5, 0.6) is 0 Å². The Morgan fingerprint density at radius 1 is 1.17 bits per heavy atom. The summed E-state index contributed by atoms with van der Waals surface area (Å²) in [5, 5.41) is 0. The molecule has 0 saturated heterocycles. The number of hydrogen-bond acceptors (Lipinski definition) is 1. The van der Waals surface area contributed by atoms with Crippen molar-refractivity contribution in [3.63, 3.8) is 0 Å². The zero-order valence-corrected chi connectivity index (χ0v) is 9.94. The molecule has 0 aromatic rings. The second-order valence-electron chi connectivity index (χ2n) is 4.70. The molecule has 0 spiro atoms. The van der Waals surface area contributed by atoms with Crippen molar-refractivity contribution in [1.82, 2.24) is 0 Å². The standard InChI is InChI=1S/C10H22OSi/c1-5-7-10(11)8-6-9-12(2,3)4/h5-9H2,1-4H3. The van der Waals surface area contributed by atoms with E-state index < -0.39 is 8.07 Å². The van der Waals surface area contributed by atoms with Crippen LogP contribution in [0.15, 0.2) is 0 Å². The molecule has 12 heavy (non-hydrogen) atoms. The molecule has 0 atom stereocenters. The molecule has 0 aromatic carbocycles. The van der Waals surface area contributed by atoms with Gasteiger partial charge in [0.15, 0.2) is 0 Å². The van der Waals surface area contributed by atoms with Gasteiger partial charge >= 0.3 is 0 Å². The molecular weight excluding hydrogens is 164 g/mol. The summed E-state index contributed by atoms with van der Waals surface area (Å²) >= 11 is 0. The first-order chi connectivity index (χ1) is 5.45. The lowest BCUT2D eigenvalue weighted by atomic mass is 10.1. The monoisotopic (exact) mass is 186 g/mol. The second kappa shape index (κ2) is 5.52. The van der Waals surface area contributed by atoms with E-state index in [9.17, 15) is 4.79 Å². The Bertz CT molecular complexity index is 135. The van der Waals surface area contributed by atoms with E-state index in [0.717, 1.165) is 25.7 Å². The zero-order chi connectivity index (χ0) is 9.61. The van der Waals surface area contributed by atoms with Crippen molar-refractivity contribution >= 4 is 13.9 Å². The third kappa shape index (κ3) is 7.99. The van der Waals surface area contributed by atoms with Crippen molar-refractivity contribution in [2.24, 2.45) is 0 Å². The lowest BCUT2D eigenvalue weighted by molar-refractivity contribution is -0.119. The van der Waals surface area contributed by atoms with Crippen LogP contribution >= 0.6 is 0 Å². The molecule has 0 aliphatic heterocycles. The van der Waals surface area contributed by atoms with E-state index in [1.807, 2.05) is 0 Å². The third-order valence-electron chi connectivity index (χ3n) is 1.91. The molecule has 0 heterocycles. The van der Waals surface area contributed by atoms with Crippen LogP contribution in [0.3, 0.4) is 0 Å². The van der Waals surface area contributed by atoms with Gasteiger partial charge in [-0.1, -0.05) is 32.6 Å². The molecule has 0 amide bonds. The molecule has 0 aliphatic carbocycles. The predicted octanol–water partition coefficient (Wildman–Crippen LogP) is 3.47. The van der Waals surface area contributed by atoms with E-state index >= 15 is 0 Å². The fourth-order valence-electron chi connectivity index (χ4n) is 1.22. The minimum atomic E-state index is -0.899. The van der Waals surface area contributed by atoms with Gasteiger partial charge in [-0.3, -0.25) is 4.79 Å². The van der Waals surface area contributed by atoms with Crippen LogP contribution in [0, 0.1) is 0 Å². The van der Waals surface area contributed by atoms with Gasteiger partial charge in [-0.15, -0.1) is 0 Å². The van der Waals surface area contributed by atoms with Gasteiger partial charge in [-0.2, -0.15) is 0 Å². The minimum absolute atomic E-state index is 0.454. The van der Waals surface area contributed by atoms with Gasteiger partial charge in [0, 0.05) is 20.9 Å². The Labute approximate surface area is 77.6 Å². The van der Waals surface area contributed by atoms with Crippen LogP contribution < -0.4 is 0 Å². The number of Topliss-reactive ketones (excluding diaryl/α,β-unsaturated/α-hetero) is 1. The van der Waals surface area contributed by atoms with Crippen LogP contribution in [0.2, 0.25) is 25.7 Å². The maximum absolute atomic E-state index is 11.1. The van der Waals surface area contributed by atoms with E-state index in [1.54, 1.807) is 0 Å². The Hall–Kier alpha value is -0.113. The molecule has 0 radical (unpaired) electrons. The van der Waals surface area contributed by atoms with Crippen molar-refractivity contribution in [3.05, 3.63) is 0 Å². The number of rotatable bonds is 6. The molecule has 0 saturated carbocycles. The van der Waals surface area contributed by atoms with E-state index in [2.05, 4.69) is 26.6 Å². The molecule has 0 unspecified atom stereocenters. The van der Waals surface area contributed by atoms with Crippen LogP contribution in [-0.2, 0) is 4.79 Å². The van der Waals surface area contributed by atoms with Crippen molar-refractivity contribution < 1.29 is 4.79 Å². The van der Waals surface area contributed by atoms with E-state index in [0.29, 0.717) is 5.78 Å². The Morgan fingerprint density at radius 2 is 1.75 bits per heavy atom. The summed E-state index contributed by atoms with van der Waals surface area (Å²) in [5.41, 5.74) is 0. The van der Waals surface area contributed by atoms with Crippen molar-refractivity contribution in [1.29, 1.82) is 0 Å². The van der Waals surface area contributed by atoms with Crippen LogP contribution in [-0.4, -0.2) is 13.9 Å². The minimum Gasteiger partial charge on any atom is -0.300 e. The van der Waals surface area contributed by atoms with Gasteiger partial charge < -0.3 is 0 Å². The quantitative estimate of drug-likeness (QED) is 0.580. The molecule has 0 fully saturated rings. The van der Waals surface area contributed by atoms with E-state index in [1.165, 1.54) is 6.04 Å². The number of carbonyl (C=O) groups is 1. The van der Waals surface area contributed by atoms with Gasteiger partial charge in [0.2, 0.25) is 0 Å². The van der Waals surface area contributed by atoms with Crippen molar-refractivity contribution in [3.8, 4) is 0 Å². The molecule has 0 aromatic heterocycles. The Kier molecular flexibility index (Phi) is 5.47. The van der Waals surface area contributed by atoms with Crippen LogP contribution in [0.4, 0.5) is 0 Å². The fraction of sp³-hybridized carbons (Fsp3) is 0.900. The SMILES string of the molecule is CCCC(=O)CCC[Si](C)(C)C. The summed E-state index contributed by atoms with van der Waals surface area (Å²) in [6.45, 7) is 9.14. The highest BCUT2D eigenvalue weighted by atomic mass is 28.3. The highest BCUT2D eigenvalue weighted by molar-refractivity contribution is 6.76. The van der Waals surface area contributed by atoms with E-state index in [-0.39, 0.29) is 0 Å². The summed E-state index contributed by atoms with van der Waals surface area (Å²) in [4.78, 5) is 11.1. The molecule has 0 N–H and O–H groups in total. The predicted molar refractivity (Wildman–Crippen MR) is 57.3 cm³/mol. The maximum atomic E-state index is 11.1. The average molecular weight is 186 g/mol. The van der Waals surface area contributed by atoms with Gasteiger partial charge in [0.1, 0.15) is 5.78 Å². The summed E-state index contributed by atoms with van der Waals surface area (Å²) < 4.78 is 0. The van der Waals surface area contributed by atoms with Crippen LogP contribution in [0.25, 0.3) is 0 Å². The number of ketones is 1. The van der Waals surface area contributed by atoms with Crippen molar-refractivity contribution in [2.75, 3.05) is 0 Å². The molecule has 0 rings (SSSR count). The average Bonchev–Trinajstić information content (AvgIpc) is 1.84.